The van der Waals surface area contributed by atoms with E-state index in [0.717, 1.165) is 93.4 Å². The van der Waals surface area contributed by atoms with E-state index in [9.17, 15) is 25.9 Å². The van der Waals surface area contributed by atoms with E-state index in [-0.39, 0.29) is 12.8 Å². The quantitative estimate of drug-likeness (QED) is 0.0775. The molecule has 1 aliphatic carbocycles. The molecule has 0 radical (unpaired) electrons. The number of aromatic nitrogens is 1. The smallest absolute Gasteiger partial charge is 0.262 e. The molecule has 0 N–H and O–H groups in total. The largest absolute Gasteiger partial charge is 0.748 e. The minimum atomic E-state index is -4.38. The number of thiazole rings is 1. The number of anilines is 3. The lowest BCUT2D eigenvalue weighted by atomic mass is 10.1. The molecule has 314 valence electrons. The van der Waals surface area contributed by atoms with Gasteiger partial charge in [-0.05, 0) is 95.8 Å². The Labute approximate surface area is 370 Å². The summed E-state index contributed by atoms with van der Waals surface area (Å²) in [6, 6.07) is 45.3. The van der Waals surface area contributed by atoms with Crippen molar-refractivity contribution in [2.75, 3.05) is 27.9 Å². The Bertz CT molecular complexity index is 3140. The molecule has 0 saturated heterocycles. The van der Waals surface area contributed by atoms with E-state index in [2.05, 4.69) is 111 Å². The van der Waals surface area contributed by atoms with E-state index in [0.29, 0.717) is 13.1 Å². The Hall–Kier alpha value is -5.54. The molecule has 0 spiro atoms. The number of hydrogen-bond donors (Lipinski definition) is 0. The summed E-state index contributed by atoms with van der Waals surface area (Å²) in [6.07, 6.45) is 10.5. The molecule has 13 heteroatoms. The summed E-state index contributed by atoms with van der Waals surface area (Å²) in [4.78, 5) is 5.51. The summed E-state index contributed by atoms with van der Waals surface area (Å²) < 4.78 is 73.4. The number of benzene rings is 6. The highest BCUT2D eigenvalue weighted by Crippen LogP contribution is 2.50. The molecule has 1 aromatic heterocycles. The van der Waals surface area contributed by atoms with Gasteiger partial charge in [-0.3, -0.25) is 0 Å². The Morgan fingerprint density at radius 1 is 0.661 bits per heavy atom. The molecular weight excluding hydrogens is 855 g/mol. The molecule has 62 heavy (non-hydrogen) atoms. The number of rotatable bonds is 14. The zero-order valence-electron chi connectivity index (χ0n) is 33.6. The van der Waals surface area contributed by atoms with Crippen LogP contribution in [-0.2, 0) is 26.8 Å². The number of hydrogen-bond acceptors (Lipinski definition) is 10. The predicted octanol–water partition coefficient (Wildman–Crippen LogP) is 10.6. The van der Waals surface area contributed by atoms with Gasteiger partial charge in [-0.2, -0.15) is 4.57 Å². The lowest BCUT2D eigenvalue weighted by Crippen LogP contribution is -2.36. The number of aryl methyl sites for hydroxylation is 1. The normalized spacial score (nSPS) is 15.9. The molecule has 0 unspecified atom stereocenters. The standard InChI is InChI=1S/C49H43N3O6S4/c53-61(54,55)33-11-31-50-45(59-43-27-23-35-13-7-9-19-41(35)48(43)50)29-25-37-21-22-38(47(37)52(39-15-3-1-4-16-39)40-17-5-2-6-18-40)26-30-46-51(32-12-34-62(56,57)58)49-42-20-10-8-14-36(42)24-28-44(49)60-46/h1-10,13-20,23-30H,11-12,21-22,31-34H2,(H-,53,54,55,56,57,58)/p-1. The Kier molecular flexibility index (Phi) is 11.9. The summed E-state index contributed by atoms with van der Waals surface area (Å²) in [7, 11) is -8.76. The van der Waals surface area contributed by atoms with Gasteiger partial charge in [0.15, 0.2) is 6.54 Å². The highest BCUT2D eigenvalue weighted by Gasteiger charge is 2.30. The first-order valence-electron chi connectivity index (χ1n) is 20.4. The molecule has 0 bridgehead atoms. The zero-order chi connectivity index (χ0) is 42.8. The summed E-state index contributed by atoms with van der Waals surface area (Å²) in [5.74, 6) is -0.885. The predicted molar refractivity (Wildman–Crippen MR) is 252 cm³/mol. The monoisotopic (exact) mass is 896 g/mol. The summed E-state index contributed by atoms with van der Waals surface area (Å²) in [6.45, 7) is 0.735. The van der Waals surface area contributed by atoms with Crippen molar-refractivity contribution in [2.45, 2.75) is 37.1 Å². The maximum Gasteiger partial charge on any atom is 0.262 e. The van der Waals surface area contributed by atoms with Crippen molar-refractivity contribution < 1.29 is 30.5 Å². The van der Waals surface area contributed by atoms with Crippen LogP contribution in [0.3, 0.4) is 0 Å². The lowest BCUT2D eigenvalue weighted by Gasteiger charge is -2.28. The fraction of sp³-hybridized carbons (Fsp3) is 0.163. The van der Waals surface area contributed by atoms with Gasteiger partial charge in [-0.25, -0.2) is 16.8 Å². The van der Waals surface area contributed by atoms with Gasteiger partial charge in [0.25, 0.3) is 5.01 Å². The van der Waals surface area contributed by atoms with E-state index in [4.69, 9.17) is 0 Å². The molecular formula is C49H42N3O6S4-. The number of allylic oxidation sites excluding steroid dienone is 5. The van der Waals surface area contributed by atoms with Gasteiger partial charge in [0.05, 0.1) is 42.0 Å². The van der Waals surface area contributed by atoms with E-state index < -0.39 is 31.7 Å². The summed E-state index contributed by atoms with van der Waals surface area (Å²) >= 11 is 3.27. The topological polar surface area (TPSA) is 125 Å². The van der Waals surface area contributed by atoms with Crippen LogP contribution >= 0.6 is 23.1 Å². The van der Waals surface area contributed by atoms with Gasteiger partial charge in [-0.1, -0.05) is 120 Å². The average Bonchev–Trinajstić information content (AvgIpc) is 3.95. The van der Waals surface area contributed by atoms with Crippen LogP contribution in [0.5, 0.6) is 0 Å². The first-order chi connectivity index (χ1) is 30.0. The third-order valence-corrected chi connectivity index (χ3v) is 15.0. The number of thioether (sulfide) groups is 1. The molecule has 0 amide bonds. The minimum Gasteiger partial charge on any atom is -0.748 e. The third kappa shape index (κ3) is 9.01. The summed E-state index contributed by atoms with van der Waals surface area (Å²) in [5.41, 5.74) is 7.29. The van der Waals surface area contributed by atoms with E-state index in [1.807, 2.05) is 60.7 Å². The molecule has 6 aromatic carbocycles. The fourth-order valence-electron chi connectivity index (χ4n) is 8.47. The van der Waals surface area contributed by atoms with Crippen LogP contribution in [-0.4, -0.2) is 44.0 Å². The van der Waals surface area contributed by atoms with Crippen molar-refractivity contribution in [3.8, 4) is 0 Å². The van der Waals surface area contributed by atoms with Gasteiger partial charge < -0.3 is 18.9 Å². The molecule has 0 saturated carbocycles. The van der Waals surface area contributed by atoms with Gasteiger partial charge in [0.1, 0.15) is 4.70 Å². The first kappa shape index (κ1) is 41.8. The van der Waals surface area contributed by atoms with Crippen molar-refractivity contribution >= 4 is 98.2 Å². The van der Waals surface area contributed by atoms with Gasteiger partial charge in [0, 0.05) is 52.2 Å². The Morgan fingerprint density at radius 2 is 1.27 bits per heavy atom. The van der Waals surface area contributed by atoms with E-state index in [1.54, 1.807) is 23.1 Å². The second-order valence-electron chi connectivity index (χ2n) is 15.3. The van der Waals surface area contributed by atoms with Crippen molar-refractivity contribution in [3.63, 3.8) is 0 Å². The maximum atomic E-state index is 11.7. The fourth-order valence-corrected chi connectivity index (χ4v) is 11.6. The molecule has 1 aliphatic heterocycles. The maximum absolute atomic E-state index is 11.7. The van der Waals surface area contributed by atoms with Crippen LogP contribution in [0.4, 0.5) is 17.1 Å². The van der Waals surface area contributed by atoms with E-state index in [1.165, 1.54) is 0 Å². The number of para-hydroxylation sites is 2. The van der Waals surface area contributed by atoms with Crippen molar-refractivity contribution in [2.24, 2.45) is 0 Å². The highest BCUT2D eigenvalue weighted by atomic mass is 32.2. The van der Waals surface area contributed by atoms with Crippen LogP contribution in [0, 0.1) is 0 Å². The molecule has 9 rings (SSSR count). The molecule has 9 nitrogen and oxygen atoms in total. The second kappa shape index (κ2) is 17.7. The zero-order valence-corrected chi connectivity index (χ0v) is 36.9. The molecule has 7 aromatic rings. The van der Waals surface area contributed by atoms with Crippen molar-refractivity contribution in [1.29, 1.82) is 0 Å². The van der Waals surface area contributed by atoms with Gasteiger partial charge >= 0.3 is 0 Å². The molecule has 0 atom stereocenters. The van der Waals surface area contributed by atoms with Crippen LogP contribution in [0.1, 0.15) is 30.7 Å². The van der Waals surface area contributed by atoms with E-state index >= 15 is 0 Å². The number of nitrogens with zero attached hydrogens (tertiary/aromatic N) is 3. The van der Waals surface area contributed by atoms with Gasteiger partial charge in [-0.15, -0.1) is 0 Å². The SMILES string of the molecule is O=S(=O)([O-])CCCN1/C(=C/C=C2\CCC(/C=C/c3sc4ccc5ccccc5c4[n+]3CCCS(=O)(=O)[O-])=C2N(c2ccccc2)c2ccccc2)Sc2ccc3ccccc3c21. The first-order valence-corrected chi connectivity index (χ1v) is 25.2. The average molecular weight is 897 g/mol. The van der Waals surface area contributed by atoms with Crippen molar-refractivity contribution in [1.82, 2.24) is 0 Å². The molecule has 2 aliphatic rings. The Balaban J connectivity index is 1.18. The van der Waals surface area contributed by atoms with Crippen molar-refractivity contribution in [3.05, 3.63) is 179 Å². The third-order valence-electron chi connectivity index (χ3n) is 11.2. The van der Waals surface area contributed by atoms with Crippen LogP contribution in [0.2, 0.25) is 0 Å². The minimum absolute atomic E-state index is 0.194. The second-order valence-corrected chi connectivity index (χ2v) is 20.4. The van der Waals surface area contributed by atoms with Crippen LogP contribution in [0.15, 0.2) is 178 Å². The highest BCUT2D eigenvalue weighted by molar-refractivity contribution is 8.03. The lowest BCUT2D eigenvalue weighted by molar-refractivity contribution is -0.667. The summed E-state index contributed by atoms with van der Waals surface area (Å²) in [5, 5.41) is 6.17. The van der Waals surface area contributed by atoms with Crippen LogP contribution < -0.4 is 14.4 Å². The number of fused-ring (bicyclic) bond motifs is 6. The molecule has 2 heterocycles. The molecule has 0 fully saturated rings. The van der Waals surface area contributed by atoms with Gasteiger partial charge in [0.2, 0.25) is 5.52 Å². The Morgan fingerprint density at radius 3 is 1.97 bits per heavy atom. The van der Waals surface area contributed by atoms with Crippen LogP contribution in [0.25, 0.3) is 37.8 Å².